The lowest BCUT2D eigenvalue weighted by Crippen LogP contribution is -2.72. The summed E-state index contributed by atoms with van der Waals surface area (Å²) < 4.78 is 41.3. The zero-order valence-corrected chi connectivity index (χ0v) is 33.3. The fourth-order valence-corrected chi connectivity index (χ4v) is 8.85. The number of aliphatic hydroxyl groups is 10. The van der Waals surface area contributed by atoms with Gasteiger partial charge in [0.2, 0.25) is 5.91 Å². The first-order chi connectivity index (χ1) is 27.2. The zero-order valence-electron chi connectivity index (χ0n) is 31.7. The molecule has 330 valence electrons. The van der Waals surface area contributed by atoms with Crippen molar-refractivity contribution in [2.75, 3.05) is 37.9 Å². The highest BCUT2D eigenvalue weighted by Gasteiger charge is 2.54. The van der Waals surface area contributed by atoms with Crippen LogP contribution in [-0.2, 0) is 38.0 Å². The van der Waals surface area contributed by atoms with E-state index in [2.05, 4.69) is 16.0 Å². The number of hydrogen-bond donors (Lipinski definition) is 13. The second-order valence-electron chi connectivity index (χ2n) is 15.0. The molecule has 6 fully saturated rings. The van der Waals surface area contributed by atoms with Crippen LogP contribution in [0.5, 0.6) is 0 Å². The van der Waals surface area contributed by atoms with E-state index >= 15 is 0 Å². The van der Waals surface area contributed by atoms with Crippen molar-refractivity contribution in [2.45, 2.75) is 156 Å². The first-order valence-electron chi connectivity index (χ1n) is 19.3. The first kappa shape index (κ1) is 46.9. The van der Waals surface area contributed by atoms with E-state index in [1.54, 1.807) is 0 Å². The predicted molar refractivity (Wildman–Crippen MR) is 199 cm³/mol. The van der Waals surface area contributed by atoms with E-state index in [1.165, 1.54) is 25.6 Å². The van der Waals surface area contributed by atoms with Crippen LogP contribution in [0.1, 0.15) is 39.5 Å². The Morgan fingerprint density at radius 3 is 2.09 bits per heavy atom. The van der Waals surface area contributed by atoms with Gasteiger partial charge in [0.15, 0.2) is 30.2 Å². The minimum absolute atomic E-state index is 0.0572. The van der Waals surface area contributed by atoms with Gasteiger partial charge < -0.3 is 100 Å². The number of ether oxygens (including phenoxy) is 7. The first-order valence-corrected chi connectivity index (χ1v) is 20.8. The third kappa shape index (κ3) is 11.4. The van der Waals surface area contributed by atoms with Gasteiger partial charge in [0.25, 0.3) is 0 Å². The third-order valence-electron chi connectivity index (χ3n) is 10.9. The number of carbonyl (C=O) groups excluding carboxylic acids is 1. The van der Waals surface area contributed by atoms with E-state index in [1.807, 2.05) is 0 Å². The molecule has 0 aromatic rings. The number of fused-ring (bicyclic) bond motifs is 7. The van der Waals surface area contributed by atoms with Crippen molar-refractivity contribution in [3.63, 3.8) is 0 Å². The van der Waals surface area contributed by atoms with Crippen molar-refractivity contribution >= 4 is 35.0 Å². The van der Waals surface area contributed by atoms with Crippen LogP contribution in [0.15, 0.2) is 0 Å². The molecule has 13 N–H and O–H groups in total. The van der Waals surface area contributed by atoms with Crippen LogP contribution in [0.25, 0.3) is 0 Å². The number of amides is 1. The standard InChI is InChI=1S/C34H59N3O18S2/c1-13-20(41)23(44)26(47)32(50-13)55-29-19(36-14(2)40)30(51-17(11-39)28(29)54-33-27(48)24(45)22(43)16(10-38)52-33)37-34(56)35-7-9-57-12-18-15-6-4-3-5-8-49-31(53-18)25(46)21(15)42/h13,15-33,38-39,41-48H,3-12H2,1-2H3,(H,36,40)(H2,35,37,56)/t13?,15?,16?,17?,18?,19?,20-,21+,22+,23+,24+,25?,26?,27?,28-,29-,30-,31+,32+,33+/m1/s1. The molecule has 0 radical (unpaired) electrons. The molecule has 6 heterocycles. The summed E-state index contributed by atoms with van der Waals surface area (Å²) in [4.78, 5) is 12.6. The molecular weight excluding hydrogens is 803 g/mol. The molecule has 6 rings (SSSR count). The maximum absolute atomic E-state index is 12.6. The highest BCUT2D eigenvalue weighted by atomic mass is 32.2. The molecule has 20 atom stereocenters. The summed E-state index contributed by atoms with van der Waals surface area (Å²) in [7, 11) is 0. The van der Waals surface area contributed by atoms with E-state index in [-0.39, 0.29) is 17.1 Å². The normalized spacial score (nSPS) is 45.5. The van der Waals surface area contributed by atoms with Crippen molar-refractivity contribution < 1.29 is 89.0 Å². The summed E-state index contributed by atoms with van der Waals surface area (Å²) in [5.74, 6) is 0.193. The van der Waals surface area contributed by atoms with E-state index in [9.17, 15) is 55.9 Å². The summed E-state index contributed by atoms with van der Waals surface area (Å²) in [5.41, 5.74) is 0. The molecule has 1 amide bonds. The smallest absolute Gasteiger partial charge is 0.217 e. The minimum atomic E-state index is -1.88. The minimum Gasteiger partial charge on any atom is -0.394 e. The topological polar surface area (TPSA) is 320 Å². The maximum atomic E-state index is 12.6. The highest BCUT2D eigenvalue weighted by Crippen LogP contribution is 2.35. The number of rotatable bonds is 13. The largest absolute Gasteiger partial charge is 0.394 e. The van der Waals surface area contributed by atoms with Crippen LogP contribution in [-0.4, -0.2) is 217 Å². The Morgan fingerprint density at radius 2 is 1.40 bits per heavy atom. The Labute approximate surface area is 339 Å². The number of carbonyl (C=O) groups is 1. The molecule has 6 aliphatic heterocycles. The number of aliphatic hydroxyl groups excluding tert-OH is 10. The Balaban J connectivity index is 1.28. The van der Waals surface area contributed by atoms with Gasteiger partial charge in [-0.25, -0.2) is 0 Å². The van der Waals surface area contributed by atoms with E-state index in [0.29, 0.717) is 31.1 Å². The lowest BCUT2D eigenvalue weighted by Gasteiger charge is -2.50. The summed E-state index contributed by atoms with van der Waals surface area (Å²) in [5, 5.41) is 114. The van der Waals surface area contributed by atoms with Gasteiger partial charge in [-0.1, -0.05) is 12.8 Å². The molecule has 0 aromatic heterocycles. The molecule has 0 spiro atoms. The quantitative estimate of drug-likeness (QED) is 0.0607. The lowest BCUT2D eigenvalue weighted by molar-refractivity contribution is -0.361. The molecule has 6 aliphatic rings. The molecule has 21 nitrogen and oxygen atoms in total. The Morgan fingerprint density at radius 1 is 0.737 bits per heavy atom. The Hall–Kier alpha value is -1.17. The number of nitrogens with one attached hydrogen (secondary N) is 3. The lowest BCUT2D eigenvalue weighted by atomic mass is 9.85. The molecule has 2 bridgehead atoms. The predicted octanol–water partition coefficient (Wildman–Crippen LogP) is -5.54. The van der Waals surface area contributed by atoms with E-state index in [4.69, 9.17) is 45.4 Å². The molecule has 6 saturated heterocycles. The van der Waals surface area contributed by atoms with Crippen molar-refractivity contribution in [3.8, 4) is 0 Å². The van der Waals surface area contributed by atoms with Gasteiger partial charge in [-0.3, -0.25) is 4.79 Å². The van der Waals surface area contributed by atoms with Crippen molar-refractivity contribution in [1.29, 1.82) is 0 Å². The molecular formula is C34H59N3O18S2. The average Bonchev–Trinajstić information content (AvgIpc) is 3.18. The molecule has 57 heavy (non-hydrogen) atoms. The fraction of sp³-hybridized carbons (Fsp3) is 0.941. The number of thioether (sulfide) groups is 1. The van der Waals surface area contributed by atoms with Crippen LogP contribution in [0.2, 0.25) is 0 Å². The van der Waals surface area contributed by atoms with Crippen LogP contribution in [0.4, 0.5) is 0 Å². The zero-order chi connectivity index (χ0) is 41.6. The molecule has 9 unspecified atom stereocenters. The van der Waals surface area contributed by atoms with Crippen molar-refractivity contribution in [2.24, 2.45) is 5.92 Å². The molecule has 0 aliphatic carbocycles. The number of thiocarbonyl (C=S) groups is 1. The van der Waals surface area contributed by atoms with Gasteiger partial charge >= 0.3 is 0 Å². The maximum Gasteiger partial charge on any atom is 0.217 e. The average molecular weight is 862 g/mol. The third-order valence-corrected chi connectivity index (χ3v) is 12.2. The molecule has 0 saturated carbocycles. The van der Waals surface area contributed by atoms with E-state index in [0.717, 1.165) is 19.3 Å². The van der Waals surface area contributed by atoms with Gasteiger partial charge in [-0.2, -0.15) is 11.8 Å². The van der Waals surface area contributed by atoms with Gasteiger partial charge in [0, 0.05) is 37.5 Å². The van der Waals surface area contributed by atoms with Gasteiger partial charge in [-0.15, -0.1) is 0 Å². The summed E-state index contributed by atoms with van der Waals surface area (Å²) in [6, 6.07) is -1.28. The van der Waals surface area contributed by atoms with Gasteiger partial charge in [0.05, 0.1) is 31.5 Å². The highest BCUT2D eigenvalue weighted by molar-refractivity contribution is 7.99. The van der Waals surface area contributed by atoms with Crippen molar-refractivity contribution in [3.05, 3.63) is 0 Å². The fourth-order valence-electron chi connectivity index (χ4n) is 7.66. The van der Waals surface area contributed by atoms with Gasteiger partial charge in [-0.05, 0) is 32.0 Å². The Kier molecular flexibility index (Phi) is 17.7. The Bertz CT molecular complexity index is 1280. The van der Waals surface area contributed by atoms with Crippen molar-refractivity contribution in [1.82, 2.24) is 16.0 Å². The monoisotopic (exact) mass is 861 g/mol. The van der Waals surface area contributed by atoms with Gasteiger partial charge in [0.1, 0.15) is 73.2 Å². The summed E-state index contributed by atoms with van der Waals surface area (Å²) >= 11 is 7.09. The molecule has 0 aromatic carbocycles. The second-order valence-corrected chi connectivity index (χ2v) is 16.5. The molecule has 23 heteroatoms. The van der Waals surface area contributed by atoms with Crippen LogP contribution in [0, 0.1) is 5.92 Å². The van der Waals surface area contributed by atoms with Crippen LogP contribution < -0.4 is 16.0 Å². The SMILES string of the molecule is CC(=O)NC1[C@H](NC(=S)NCCSCC2O[C@@H]3OCCCCCC2[C@H](O)C3O)OC(CO)[C@@H](O[C@@H]2OC(CO)[C@H](O)[C@H](O)C2O)[C@@H]1O[C@@H]1OC(C)[C@@H](O)[C@H](O)C1O. The van der Waals surface area contributed by atoms with Crippen LogP contribution >= 0.6 is 24.0 Å². The summed E-state index contributed by atoms with van der Waals surface area (Å²) in [6.45, 7) is 1.86. The van der Waals surface area contributed by atoms with Crippen LogP contribution in [0.3, 0.4) is 0 Å². The van der Waals surface area contributed by atoms with E-state index < -0.39 is 130 Å². The number of hydrogen-bond acceptors (Lipinski definition) is 20. The second kappa shape index (κ2) is 21.6. The summed E-state index contributed by atoms with van der Waals surface area (Å²) in [6.07, 6.45) is -21.8.